The van der Waals surface area contributed by atoms with E-state index >= 15 is 0 Å². The summed E-state index contributed by atoms with van der Waals surface area (Å²) in [6, 6.07) is 0.535. The molecule has 124 valence electrons. The summed E-state index contributed by atoms with van der Waals surface area (Å²) in [4.78, 5) is 2.41. The lowest BCUT2D eigenvalue weighted by molar-refractivity contribution is -0.114. The van der Waals surface area contributed by atoms with Crippen molar-refractivity contribution in [3.63, 3.8) is 0 Å². The summed E-state index contributed by atoms with van der Waals surface area (Å²) in [7, 11) is 6.58. The number of thioether (sulfide) groups is 1. The first-order chi connectivity index (χ1) is 9.97. The van der Waals surface area contributed by atoms with Crippen LogP contribution in [0.3, 0.4) is 0 Å². The van der Waals surface area contributed by atoms with Crippen molar-refractivity contribution < 1.29 is 4.74 Å². The molecule has 2 aliphatic rings. The SMILES string of the molecule is CCC(C)(C(NC)C1CCOC2(CCSCC2)C1)N(C)C. The zero-order valence-corrected chi connectivity index (χ0v) is 15.4. The fourth-order valence-corrected chi connectivity index (χ4v) is 5.55. The fraction of sp³-hybridized carbons (Fsp3) is 1.00. The van der Waals surface area contributed by atoms with Gasteiger partial charge in [0.05, 0.1) is 5.60 Å². The van der Waals surface area contributed by atoms with Gasteiger partial charge in [-0.25, -0.2) is 0 Å². The molecule has 0 aromatic rings. The molecular formula is C17H34N2OS. The van der Waals surface area contributed by atoms with Crippen LogP contribution in [-0.4, -0.2) is 61.3 Å². The Morgan fingerprint density at radius 1 is 1.38 bits per heavy atom. The number of hydrogen-bond donors (Lipinski definition) is 1. The quantitative estimate of drug-likeness (QED) is 0.843. The molecule has 3 nitrogen and oxygen atoms in total. The zero-order valence-electron chi connectivity index (χ0n) is 14.6. The fourth-order valence-electron chi connectivity index (χ4n) is 4.31. The minimum Gasteiger partial charge on any atom is -0.375 e. The molecule has 0 aromatic heterocycles. The van der Waals surface area contributed by atoms with Gasteiger partial charge in [0.1, 0.15) is 0 Å². The molecule has 2 rings (SSSR count). The summed E-state index contributed by atoms with van der Waals surface area (Å²) < 4.78 is 6.28. The monoisotopic (exact) mass is 314 g/mol. The van der Waals surface area contributed by atoms with Gasteiger partial charge in [-0.2, -0.15) is 11.8 Å². The third-order valence-electron chi connectivity index (χ3n) is 6.12. The molecule has 1 spiro atoms. The minimum absolute atomic E-state index is 0.185. The van der Waals surface area contributed by atoms with Crippen molar-refractivity contribution in [3.8, 4) is 0 Å². The number of nitrogens with one attached hydrogen (secondary N) is 1. The van der Waals surface area contributed by atoms with Crippen molar-refractivity contribution in [2.24, 2.45) is 5.92 Å². The molecule has 2 aliphatic heterocycles. The molecule has 2 saturated heterocycles. The second-order valence-corrected chi connectivity index (χ2v) is 8.49. The molecule has 2 fully saturated rings. The number of ether oxygens (including phenoxy) is 1. The molecule has 3 unspecified atom stereocenters. The van der Waals surface area contributed by atoms with E-state index in [-0.39, 0.29) is 11.1 Å². The minimum atomic E-state index is 0.185. The zero-order chi connectivity index (χ0) is 15.5. The average Bonchev–Trinajstić information content (AvgIpc) is 2.48. The predicted octanol–water partition coefficient (Wildman–Crippen LogP) is 3.00. The maximum atomic E-state index is 6.28. The average molecular weight is 315 g/mol. The van der Waals surface area contributed by atoms with Crippen LogP contribution in [0.1, 0.15) is 46.0 Å². The van der Waals surface area contributed by atoms with Crippen LogP contribution in [-0.2, 0) is 4.74 Å². The van der Waals surface area contributed by atoms with Crippen molar-refractivity contribution >= 4 is 11.8 Å². The Morgan fingerprint density at radius 3 is 2.57 bits per heavy atom. The van der Waals surface area contributed by atoms with Gasteiger partial charge in [-0.1, -0.05) is 6.92 Å². The van der Waals surface area contributed by atoms with Gasteiger partial charge in [-0.05, 0) is 77.6 Å². The number of likely N-dealkylation sites (N-methyl/N-ethyl adjacent to an activating group) is 2. The van der Waals surface area contributed by atoms with Gasteiger partial charge in [-0.15, -0.1) is 0 Å². The van der Waals surface area contributed by atoms with E-state index in [0.717, 1.165) is 12.5 Å². The van der Waals surface area contributed by atoms with Gasteiger partial charge in [0, 0.05) is 18.2 Å². The number of nitrogens with zero attached hydrogens (tertiary/aromatic N) is 1. The summed E-state index contributed by atoms with van der Waals surface area (Å²) in [6.07, 6.45) is 6.10. The molecule has 2 heterocycles. The Labute approximate surface area is 135 Å². The van der Waals surface area contributed by atoms with Crippen LogP contribution >= 0.6 is 11.8 Å². The number of hydrogen-bond acceptors (Lipinski definition) is 4. The van der Waals surface area contributed by atoms with Gasteiger partial charge < -0.3 is 15.0 Å². The highest BCUT2D eigenvalue weighted by atomic mass is 32.2. The molecule has 0 aromatic carbocycles. The van der Waals surface area contributed by atoms with Crippen LogP contribution in [0.2, 0.25) is 0 Å². The van der Waals surface area contributed by atoms with E-state index in [0.29, 0.717) is 6.04 Å². The standard InChI is InChI=1S/C17H34N2OS/c1-6-16(2,19(4)5)15(18-3)14-7-10-20-17(13-14)8-11-21-12-9-17/h14-15,18H,6-13H2,1-5H3. The van der Waals surface area contributed by atoms with Crippen LogP contribution < -0.4 is 5.32 Å². The van der Waals surface area contributed by atoms with Crippen LogP contribution in [0.4, 0.5) is 0 Å². The molecule has 0 amide bonds. The van der Waals surface area contributed by atoms with Crippen LogP contribution in [0, 0.1) is 5.92 Å². The van der Waals surface area contributed by atoms with Crippen LogP contribution in [0.15, 0.2) is 0 Å². The van der Waals surface area contributed by atoms with Crippen LogP contribution in [0.25, 0.3) is 0 Å². The maximum Gasteiger partial charge on any atom is 0.0701 e. The van der Waals surface area contributed by atoms with Crippen molar-refractivity contribution in [2.75, 3.05) is 39.3 Å². The smallest absolute Gasteiger partial charge is 0.0701 e. The Bertz CT molecular complexity index is 325. The van der Waals surface area contributed by atoms with E-state index in [1.54, 1.807) is 0 Å². The van der Waals surface area contributed by atoms with Crippen LogP contribution in [0.5, 0.6) is 0 Å². The van der Waals surface area contributed by atoms with E-state index in [2.05, 4.69) is 57.0 Å². The van der Waals surface area contributed by atoms with Crippen molar-refractivity contribution in [3.05, 3.63) is 0 Å². The molecule has 4 heteroatoms. The van der Waals surface area contributed by atoms with E-state index < -0.39 is 0 Å². The molecule has 0 radical (unpaired) electrons. The summed E-state index contributed by atoms with van der Waals surface area (Å²) in [5.74, 6) is 3.27. The third-order valence-corrected chi connectivity index (χ3v) is 7.11. The lowest BCUT2D eigenvalue weighted by Crippen LogP contribution is -2.61. The third kappa shape index (κ3) is 3.60. The lowest BCUT2D eigenvalue weighted by Gasteiger charge is -2.51. The Kier molecular flexibility index (Phi) is 6.03. The second kappa shape index (κ2) is 7.20. The van der Waals surface area contributed by atoms with Gasteiger partial charge in [-0.3, -0.25) is 0 Å². The largest absolute Gasteiger partial charge is 0.375 e. The summed E-state index contributed by atoms with van der Waals surface area (Å²) >= 11 is 2.09. The second-order valence-electron chi connectivity index (χ2n) is 7.27. The van der Waals surface area contributed by atoms with E-state index in [9.17, 15) is 0 Å². The van der Waals surface area contributed by atoms with Gasteiger partial charge in [0.2, 0.25) is 0 Å². The first-order valence-corrected chi connectivity index (χ1v) is 9.69. The van der Waals surface area contributed by atoms with E-state index in [1.165, 1.54) is 43.6 Å². The molecule has 0 aliphatic carbocycles. The van der Waals surface area contributed by atoms with Crippen molar-refractivity contribution in [1.29, 1.82) is 0 Å². The van der Waals surface area contributed by atoms with Gasteiger partial charge in [0.25, 0.3) is 0 Å². The normalized spacial score (nSPS) is 30.3. The first-order valence-electron chi connectivity index (χ1n) is 8.54. The first kappa shape index (κ1) is 17.6. The predicted molar refractivity (Wildman–Crippen MR) is 93.2 cm³/mol. The lowest BCUT2D eigenvalue weighted by atomic mass is 9.72. The summed E-state index contributed by atoms with van der Waals surface area (Å²) in [6.45, 7) is 5.67. The highest BCUT2D eigenvalue weighted by Gasteiger charge is 2.45. The molecule has 21 heavy (non-hydrogen) atoms. The highest BCUT2D eigenvalue weighted by Crippen LogP contribution is 2.42. The highest BCUT2D eigenvalue weighted by molar-refractivity contribution is 7.99. The molecular weight excluding hydrogens is 280 g/mol. The summed E-state index contributed by atoms with van der Waals surface area (Å²) in [5.41, 5.74) is 0.394. The van der Waals surface area contributed by atoms with Gasteiger partial charge in [0.15, 0.2) is 0 Å². The van der Waals surface area contributed by atoms with E-state index in [1.807, 2.05) is 0 Å². The van der Waals surface area contributed by atoms with Crippen molar-refractivity contribution in [2.45, 2.75) is 63.1 Å². The molecule has 1 N–H and O–H groups in total. The maximum absolute atomic E-state index is 6.28. The molecule has 0 bridgehead atoms. The van der Waals surface area contributed by atoms with Gasteiger partial charge >= 0.3 is 0 Å². The Balaban J connectivity index is 2.14. The van der Waals surface area contributed by atoms with Crippen molar-refractivity contribution in [1.82, 2.24) is 10.2 Å². The Hall–Kier alpha value is 0.230. The molecule has 0 saturated carbocycles. The van der Waals surface area contributed by atoms with E-state index in [4.69, 9.17) is 4.74 Å². The molecule has 3 atom stereocenters. The summed E-state index contributed by atoms with van der Waals surface area (Å²) in [5, 5.41) is 3.66. The Morgan fingerprint density at radius 2 is 2.05 bits per heavy atom. The topological polar surface area (TPSA) is 24.5 Å². The number of rotatable bonds is 5.